The van der Waals surface area contributed by atoms with Crippen LogP contribution in [0.5, 0.6) is 0 Å². The largest absolute Gasteiger partial charge is 0.457 e. The summed E-state index contributed by atoms with van der Waals surface area (Å²) in [4.78, 5) is 12.6. The first kappa shape index (κ1) is 10.4. The predicted octanol–water partition coefficient (Wildman–Crippen LogP) is 1.05. The van der Waals surface area contributed by atoms with Crippen molar-refractivity contribution in [2.45, 2.75) is 25.5 Å². The smallest absolute Gasteiger partial charge is 0.185 e. The Hall–Kier alpha value is -1.13. The van der Waals surface area contributed by atoms with Gasteiger partial charge in [-0.25, -0.2) is 0 Å². The number of β-amino-alcohol motifs (C(OH)–C–C–N with tert-alkyl or cyclic N) is 1. The minimum atomic E-state index is -0.223. The topological polar surface area (TPSA) is 53.7 Å². The van der Waals surface area contributed by atoms with Crippen LogP contribution in [-0.2, 0) is 6.54 Å². The molecule has 1 saturated heterocycles. The highest BCUT2D eigenvalue weighted by molar-refractivity contribution is 5.70. The lowest BCUT2D eigenvalue weighted by Crippen LogP contribution is -2.37. The Balaban J connectivity index is 1.92. The van der Waals surface area contributed by atoms with Crippen molar-refractivity contribution in [3.63, 3.8) is 0 Å². The molecule has 2 rings (SSSR count). The number of hydrogen-bond acceptors (Lipinski definition) is 4. The zero-order chi connectivity index (χ0) is 10.7. The van der Waals surface area contributed by atoms with Crippen molar-refractivity contribution >= 4 is 6.29 Å². The van der Waals surface area contributed by atoms with Crippen molar-refractivity contribution in [2.75, 3.05) is 13.1 Å². The van der Waals surface area contributed by atoms with E-state index in [0.29, 0.717) is 25.1 Å². The average molecular weight is 209 g/mol. The summed E-state index contributed by atoms with van der Waals surface area (Å²) < 4.78 is 5.28. The van der Waals surface area contributed by atoms with Gasteiger partial charge >= 0.3 is 0 Å². The highest BCUT2D eigenvalue weighted by atomic mass is 16.3. The molecule has 1 atom stereocenters. The van der Waals surface area contributed by atoms with Gasteiger partial charge in [-0.3, -0.25) is 9.69 Å². The lowest BCUT2D eigenvalue weighted by Gasteiger charge is -2.29. The van der Waals surface area contributed by atoms with Gasteiger partial charge in [-0.1, -0.05) is 0 Å². The number of piperidine rings is 1. The fourth-order valence-corrected chi connectivity index (χ4v) is 1.94. The number of carbonyl (C=O) groups excluding carboxylic acids is 1. The number of carbonyl (C=O) groups is 1. The van der Waals surface area contributed by atoms with E-state index in [1.54, 1.807) is 6.07 Å². The van der Waals surface area contributed by atoms with Gasteiger partial charge in [-0.05, 0) is 31.5 Å². The SMILES string of the molecule is O=Cc1ccc(CN2CCCC(O)C2)o1. The number of furan rings is 1. The van der Waals surface area contributed by atoms with E-state index in [2.05, 4.69) is 4.90 Å². The van der Waals surface area contributed by atoms with Gasteiger partial charge in [0.25, 0.3) is 0 Å². The maximum Gasteiger partial charge on any atom is 0.185 e. The van der Waals surface area contributed by atoms with Crippen molar-refractivity contribution in [1.82, 2.24) is 4.90 Å². The van der Waals surface area contributed by atoms with Gasteiger partial charge in [0.05, 0.1) is 12.6 Å². The van der Waals surface area contributed by atoms with Crippen LogP contribution >= 0.6 is 0 Å². The zero-order valence-electron chi connectivity index (χ0n) is 8.56. The van der Waals surface area contributed by atoms with Gasteiger partial charge in [0, 0.05) is 6.54 Å². The van der Waals surface area contributed by atoms with Gasteiger partial charge in [-0.15, -0.1) is 0 Å². The normalized spacial score (nSPS) is 22.9. The van der Waals surface area contributed by atoms with E-state index < -0.39 is 0 Å². The van der Waals surface area contributed by atoms with Crippen LogP contribution in [0, 0.1) is 0 Å². The summed E-state index contributed by atoms with van der Waals surface area (Å²) >= 11 is 0. The Labute approximate surface area is 88.5 Å². The molecule has 1 aromatic rings. The molecule has 1 aromatic heterocycles. The van der Waals surface area contributed by atoms with Crippen LogP contribution < -0.4 is 0 Å². The van der Waals surface area contributed by atoms with Gasteiger partial charge in [0.2, 0.25) is 0 Å². The quantitative estimate of drug-likeness (QED) is 0.756. The summed E-state index contributed by atoms with van der Waals surface area (Å²) in [6.07, 6.45) is 2.38. The van der Waals surface area contributed by atoms with E-state index in [1.165, 1.54) is 0 Å². The summed E-state index contributed by atoms with van der Waals surface area (Å²) in [5.41, 5.74) is 0. The first-order chi connectivity index (χ1) is 7.28. The van der Waals surface area contributed by atoms with Gasteiger partial charge in [0.15, 0.2) is 12.0 Å². The monoisotopic (exact) mass is 209 g/mol. The molecule has 82 valence electrons. The molecule has 0 amide bonds. The highest BCUT2D eigenvalue weighted by Crippen LogP contribution is 2.14. The van der Waals surface area contributed by atoms with Crippen LogP contribution in [0.2, 0.25) is 0 Å². The van der Waals surface area contributed by atoms with E-state index in [-0.39, 0.29) is 6.10 Å². The van der Waals surface area contributed by atoms with E-state index in [0.717, 1.165) is 25.1 Å². The number of aldehydes is 1. The number of aliphatic hydroxyl groups is 1. The summed E-state index contributed by atoms with van der Waals surface area (Å²) in [5.74, 6) is 1.15. The van der Waals surface area contributed by atoms with Crippen LogP contribution in [0.4, 0.5) is 0 Å². The number of hydrogen-bond donors (Lipinski definition) is 1. The van der Waals surface area contributed by atoms with Crippen LogP contribution in [0.15, 0.2) is 16.5 Å². The van der Waals surface area contributed by atoms with Crippen LogP contribution in [-0.4, -0.2) is 35.5 Å². The van der Waals surface area contributed by atoms with Gasteiger partial charge in [0.1, 0.15) is 5.76 Å². The first-order valence-corrected chi connectivity index (χ1v) is 5.22. The molecule has 0 radical (unpaired) electrons. The zero-order valence-corrected chi connectivity index (χ0v) is 8.56. The number of aliphatic hydroxyl groups excluding tert-OH is 1. The summed E-state index contributed by atoms with van der Waals surface area (Å²) in [6, 6.07) is 3.48. The predicted molar refractivity (Wildman–Crippen MR) is 54.6 cm³/mol. The molecule has 4 nitrogen and oxygen atoms in total. The van der Waals surface area contributed by atoms with Crippen molar-refractivity contribution < 1.29 is 14.3 Å². The lowest BCUT2D eigenvalue weighted by molar-refractivity contribution is 0.0631. The van der Waals surface area contributed by atoms with E-state index in [4.69, 9.17) is 4.42 Å². The molecule has 1 fully saturated rings. The number of nitrogens with zero attached hydrogens (tertiary/aromatic N) is 1. The average Bonchev–Trinajstić information content (AvgIpc) is 2.65. The highest BCUT2D eigenvalue weighted by Gasteiger charge is 2.18. The molecule has 2 heterocycles. The minimum absolute atomic E-state index is 0.223. The molecule has 0 aromatic carbocycles. The van der Waals surface area contributed by atoms with Crippen molar-refractivity contribution in [3.8, 4) is 0 Å². The molecule has 4 heteroatoms. The van der Waals surface area contributed by atoms with E-state index in [9.17, 15) is 9.90 Å². The van der Waals surface area contributed by atoms with E-state index >= 15 is 0 Å². The third-order valence-electron chi connectivity index (χ3n) is 2.66. The summed E-state index contributed by atoms with van der Waals surface area (Å²) in [7, 11) is 0. The molecule has 1 aliphatic rings. The lowest BCUT2D eigenvalue weighted by atomic mass is 10.1. The summed E-state index contributed by atoms with van der Waals surface area (Å²) in [6.45, 7) is 2.34. The molecular weight excluding hydrogens is 194 g/mol. The Bertz CT molecular complexity index is 334. The standard InChI is InChI=1S/C11H15NO3/c13-8-11-4-3-10(15-11)7-12-5-1-2-9(14)6-12/h3-4,8-9,14H,1-2,5-7H2. The molecule has 15 heavy (non-hydrogen) atoms. The Kier molecular flexibility index (Phi) is 3.18. The van der Waals surface area contributed by atoms with Crippen molar-refractivity contribution in [1.29, 1.82) is 0 Å². The molecule has 0 spiro atoms. The van der Waals surface area contributed by atoms with Crippen LogP contribution in [0.25, 0.3) is 0 Å². The second-order valence-electron chi connectivity index (χ2n) is 3.95. The van der Waals surface area contributed by atoms with Gasteiger partial charge in [-0.2, -0.15) is 0 Å². The van der Waals surface area contributed by atoms with Crippen molar-refractivity contribution in [3.05, 3.63) is 23.7 Å². The molecule has 0 aliphatic carbocycles. The Morgan fingerprint density at radius 1 is 1.60 bits per heavy atom. The fourth-order valence-electron chi connectivity index (χ4n) is 1.94. The molecule has 1 unspecified atom stereocenters. The molecule has 1 N–H and O–H groups in total. The maximum absolute atomic E-state index is 10.4. The molecule has 1 aliphatic heterocycles. The second kappa shape index (κ2) is 4.59. The van der Waals surface area contributed by atoms with E-state index in [1.807, 2.05) is 6.07 Å². The number of rotatable bonds is 3. The first-order valence-electron chi connectivity index (χ1n) is 5.22. The van der Waals surface area contributed by atoms with Gasteiger partial charge < -0.3 is 9.52 Å². The maximum atomic E-state index is 10.4. The third-order valence-corrected chi connectivity index (χ3v) is 2.66. The fraction of sp³-hybridized carbons (Fsp3) is 0.545. The minimum Gasteiger partial charge on any atom is -0.457 e. The number of likely N-dealkylation sites (tertiary alicyclic amines) is 1. The molecule has 0 bridgehead atoms. The van der Waals surface area contributed by atoms with Crippen molar-refractivity contribution in [2.24, 2.45) is 0 Å². The second-order valence-corrected chi connectivity index (χ2v) is 3.95. The Morgan fingerprint density at radius 3 is 3.13 bits per heavy atom. The third kappa shape index (κ3) is 2.67. The van der Waals surface area contributed by atoms with Crippen LogP contribution in [0.1, 0.15) is 29.2 Å². The summed E-state index contributed by atoms with van der Waals surface area (Å²) in [5, 5.41) is 9.48. The van der Waals surface area contributed by atoms with Crippen LogP contribution in [0.3, 0.4) is 0 Å². The molecule has 0 saturated carbocycles. The molecular formula is C11H15NO3. The Morgan fingerprint density at radius 2 is 2.47 bits per heavy atom.